The van der Waals surface area contributed by atoms with E-state index in [1.54, 1.807) is 12.1 Å². The van der Waals surface area contributed by atoms with Crippen LogP contribution in [0.25, 0.3) is 10.8 Å². The third kappa shape index (κ3) is 6.39. The van der Waals surface area contributed by atoms with E-state index in [0.717, 1.165) is 27.1 Å². The molecule has 2 aliphatic heterocycles. The monoisotopic (exact) mass is 623 g/mol. The average Bonchev–Trinajstić information content (AvgIpc) is 3.73. The molecule has 13 heteroatoms. The zero-order valence-electron chi connectivity index (χ0n) is 23.7. The lowest BCUT2D eigenvalue weighted by atomic mass is 10.1. The van der Waals surface area contributed by atoms with Crippen LogP contribution in [0.15, 0.2) is 88.6 Å². The van der Waals surface area contributed by atoms with Crippen molar-refractivity contribution in [2.24, 2.45) is 0 Å². The highest BCUT2D eigenvalue weighted by Gasteiger charge is 2.47. The van der Waals surface area contributed by atoms with Crippen LogP contribution in [0.1, 0.15) is 37.5 Å². The number of H-pyrrole nitrogens is 1. The molecule has 230 valence electrons. The quantitative estimate of drug-likeness (QED) is 0.193. The van der Waals surface area contributed by atoms with Gasteiger partial charge in [0, 0.05) is 11.9 Å². The molecule has 1 aromatic heterocycles. The Labute approximate surface area is 251 Å². The highest BCUT2D eigenvalue weighted by molar-refractivity contribution is 7.51. The molecular formula is C31H31FN3O8P. The molecule has 0 aliphatic carbocycles. The van der Waals surface area contributed by atoms with E-state index in [4.69, 9.17) is 18.5 Å². The van der Waals surface area contributed by atoms with Gasteiger partial charge < -0.3 is 14.0 Å². The van der Waals surface area contributed by atoms with Crippen molar-refractivity contribution in [1.29, 1.82) is 0 Å². The van der Waals surface area contributed by atoms with Gasteiger partial charge in [0.2, 0.25) is 5.82 Å². The van der Waals surface area contributed by atoms with E-state index in [9.17, 15) is 23.3 Å². The number of nitrogens with zero attached hydrogens (tertiary/aromatic N) is 2. The number of aromatic nitrogens is 2. The molecule has 6 rings (SSSR count). The molecular weight excluding hydrogens is 592 g/mol. The van der Waals surface area contributed by atoms with Crippen molar-refractivity contribution in [2.75, 3.05) is 13.2 Å². The number of carbonyl (C=O) groups is 1. The number of halogens is 1. The number of benzene rings is 3. The van der Waals surface area contributed by atoms with E-state index in [1.165, 1.54) is 4.67 Å². The fourth-order valence-electron chi connectivity index (χ4n) is 5.53. The number of hydrogen-bond acceptors (Lipinski definition) is 8. The van der Waals surface area contributed by atoms with E-state index in [-0.39, 0.29) is 19.8 Å². The van der Waals surface area contributed by atoms with Crippen molar-refractivity contribution in [3.05, 3.63) is 111 Å². The second-order valence-corrected chi connectivity index (χ2v) is 12.6. The topological polar surface area (TPSA) is 129 Å². The number of fused-ring (bicyclic) bond motifs is 1. The Hall–Kier alpha value is -4.09. The zero-order chi connectivity index (χ0) is 30.7. The third-order valence-corrected chi connectivity index (χ3v) is 9.75. The summed E-state index contributed by atoms with van der Waals surface area (Å²) >= 11 is 0. The normalized spacial score (nSPS) is 21.7. The molecule has 11 nitrogen and oxygen atoms in total. The highest BCUT2D eigenvalue weighted by atomic mass is 31.2. The Morgan fingerprint density at radius 2 is 1.77 bits per heavy atom. The Morgan fingerprint density at radius 3 is 2.61 bits per heavy atom. The second-order valence-electron chi connectivity index (χ2n) is 10.7. The van der Waals surface area contributed by atoms with E-state index < -0.39 is 49.2 Å². The van der Waals surface area contributed by atoms with E-state index in [0.29, 0.717) is 31.4 Å². The van der Waals surface area contributed by atoms with Gasteiger partial charge in [-0.25, -0.2) is 9.36 Å². The minimum absolute atomic E-state index is 0.0708. The van der Waals surface area contributed by atoms with Crippen LogP contribution in [0.2, 0.25) is 0 Å². The van der Waals surface area contributed by atoms with Gasteiger partial charge in [-0.05, 0) is 42.7 Å². The number of hydrogen-bond donors (Lipinski definition) is 1. The lowest BCUT2D eigenvalue weighted by Gasteiger charge is -2.31. The molecule has 0 spiro atoms. The first-order valence-corrected chi connectivity index (χ1v) is 15.9. The molecule has 4 atom stereocenters. The largest absolute Gasteiger partial charge is 0.462 e. The minimum atomic E-state index is -4.19. The van der Waals surface area contributed by atoms with Crippen molar-refractivity contribution in [1.82, 2.24) is 14.2 Å². The van der Waals surface area contributed by atoms with Crippen molar-refractivity contribution >= 4 is 24.5 Å². The maximum Gasteiger partial charge on any atom is 0.462 e. The van der Waals surface area contributed by atoms with Gasteiger partial charge in [0.1, 0.15) is 24.6 Å². The van der Waals surface area contributed by atoms with Gasteiger partial charge in [-0.3, -0.25) is 23.7 Å². The van der Waals surface area contributed by atoms with Crippen LogP contribution in [0.4, 0.5) is 4.39 Å². The van der Waals surface area contributed by atoms with Crippen LogP contribution in [-0.2, 0) is 30.0 Å². The zero-order valence-corrected chi connectivity index (χ0v) is 24.6. The lowest BCUT2D eigenvalue weighted by molar-refractivity contribution is -0.149. The maximum absolute atomic E-state index is 14.7. The fraction of sp³-hybridized carbons (Fsp3) is 0.323. The second kappa shape index (κ2) is 12.9. The molecule has 2 saturated heterocycles. The summed E-state index contributed by atoms with van der Waals surface area (Å²) in [6.07, 6.45) is 1.02. The van der Waals surface area contributed by atoms with Crippen LogP contribution >= 0.6 is 7.75 Å². The van der Waals surface area contributed by atoms with Gasteiger partial charge in [-0.2, -0.15) is 9.06 Å². The molecule has 4 aromatic rings. The molecule has 0 amide bonds. The van der Waals surface area contributed by atoms with E-state index >= 15 is 0 Å². The molecule has 0 bridgehead atoms. The number of rotatable bonds is 10. The highest BCUT2D eigenvalue weighted by Crippen LogP contribution is 2.56. The summed E-state index contributed by atoms with van der Waals surface area (Å²) in [6, 6.07) is 21.3. The number of ether oxygens (including phenoxy) is 2. The molecule has 44 heavy (non-hydrogen) atoms. The Balaban J connectivity index is 1.23. The molecule has 2 aliphatic rings. The first kappa shape index (κ1) is 30.0. The summed E-state index contributed by atoms with van der Waals surface area (Å²) in [5, 5.41) is 1.59. The molecule has 3 aromatic carbocycles. The molecule has 0 radical (unpaired) electrons. The van der Waals surface area contributed by atoms with Gasteiger partial charge >= 0.3 is 19.4 Å². The van der Waals surface area contributed by atoms with Crippen LogP contribution < -0.4 is 15.8 Å². The predicted molar refractivity (Wildman–Crippen MR) is 159 cm³/mol. The summed E-state index contributed by atoms with van der Waals surface area (Å²) in [4.78, 5) is 38.9. The van der Waals surface area contributed by atoms with Crippen molar-refractivity contribution < 1.29 is 32.3 Å². The smallest absolute Gasteiger partial charge is 0.460 e. The summed E-state index contributed by atoms with van der Waals surface area (Å²) in [6.45, 7) is 0.149. The summed E-state index contributed by atoms with van der Waals surface area (Å²) in [5.74, 6) is -1.32. The standard InChI is InChI=1S/C31H31FN3O8P/c32-25-18-34(31(38)33-29(25)36)28-16-15-23(42-28)20-41-44(39,43-27-14-6-11-22-10-4-5-12-24(22)27)35-17-7-13-26(35)30(37)40-19-21-8-2-1-3-9-21/h1-6,8-12,14,18,23,26,28H,7,13,15-17,19-20H2,(H,33,36,38). The summed E-state index contributed by atoms with van der Waals surface area (Å²) in [7, 11) is -4.19. The van der Waals surface area contributed by atoms with Gasteiger partial charge in [0.05, 0.1) is 18.9 Å². The molecule has 2 fully saturated rings. The summed E-state index contributed by atoms with van der Waals surface area (Å²) in [5.41, 5.74) is -1.09. The SMILES string of the molecule is O=C(OCc1ccccc1)C1CCCN1P(=O)(OCC1CCC(n2cc(F)c(=O)[nH]c2=O)O1)Oc1cccc2ccccc12. The van der Waals surface area contributed by atoms with Crippen molar-refractivity contribution in [2.45, 2.75) is 50.7 Å². The Kier molecular flexibility index (Phi) is 8.76. The fourth-order valence-corrected chi connectivity index (χ4v) is 7.53. The Bertz CT molecular complexity index is 1810. The van der Waals surface area contributed by atoms with E-state index in [2.05, 4.69) is 0 Å². The Morgan fingerprint density at radius 1 is 1.00 bits per heavy atom. The minimum Gasteiger partial charge on any atom is -0.460 e. The van der Waals surface area contributed by atoms with Crippen LogP contribution in [0.3, 0.4) is 0 Å². The maximum atomic E-state index is 14.7. The number of nitrogens with one attached hydrogen (secondary N) is 1. The average molecular weight is 624 g/mol. The lowest BCUT2D eigenvalue weighted by Crippen LogP contribution is -2.37. The van der Waals surface area contributed by atoms with E-state index in [1.807, 2.05) is 65.6 Å². The van der Waals surface area contributed by atoms with Gasteiger partial charge in [-0.15, -0.1) is 0 Å². The van der Waals surface area contributed by atoms with Crippen molar-refractivity contribution in [3.63, 3.8) is 0 Å². The molecule has 1 N–H and O–H groups in total. The first-order chi connectivity index (χ1) is 21.3. The van der Waals surface area contributed by atoms with Gasteiger partial charge in [0.25, 0.3) is 5.56 Å². The van der Waals surface area contributed by atoms with Gasteiger partial charge in [0.15, 0.2) is 0 Å². The number of aromatic amines is 1. The van der Waals surface area contributed by atoms with Crippen LogP contribution in [0.5, 0.6) is 5.75 Å². The third-order valence-electron chi connectivity index (χ3n) is 7.74. The number of esters is 1. The first-order valence-electron chi connectivity index (χ1n) is 14.4. The molecule has 4 unspecified atom stereocenters. The molecule has 0 saturated carbocycles. The van der Waals surface area contributed by atoms with Crippen molar-refractivity contribution in [3.8, 4) is 5.75 Å². The van der Waals surface area contributed by atoms with Crippen LogP contribution in [-0.4, -0.2) is 45.5 Å². The molecule has 3 heterocycles. The predicted octanol–water partition coefficient (Wildman–Crippen LogP) is 4.92. The van der Waals surface area contributed by atoms with Gasteiger partial charge in [-0.1, -0.05) is 66.7 Å². The number of carbonyl (C=O) groups excluding carboxylic acids is 1. The van der Waals surface area contributed by atoms with Crippen LogP contribution in [0, 0.1) is 5.82 Å². The summed E-state index contributed by atoms with van der Waals surface area (Å²) < 4.78 is 54.8.